The van der Waals surface area contributed by atoms with Crippen molar-refractivity contribution < 1.29 is 5.11 Å². The number of aliphatic hydroxyl groups is 1. The molecule has 1 fully saturated rings. The molecule has 0 radical (unpaired) electrons. The highest BCUT2D eigenvalue weighted by Gasteiger charge is 2.20. The SMILES string of the molecule is C=CCN1CC(CO)NCCC1C. The van der Waals surface area contributed by atoms with Gasteiger partial charge in [0.2, 0.25) is 0 Å². The molecule has 76 valence electrons. The van der Waals surface area contributed by atoms with Gasteiger partial charge in [0.25, 0.3) is 0 Å². The smallest absolute Gasteiger partial charge is 0.0597 e. The fourth-order valence-corrected chi connectivity index (χ4v) is 1.75. The van der Waals surface area contributed by atoms with Gasteiger partial charge in [0, 0.05) is 25.2 Å². The van der Waals surface area contributed by atoms with E-state index in [4.69, 9.17) is 5.11 Å². The van der Waals surface area contributed by atoms with Crippen LogP contribution in [0.4, 0.5) is 0 Å². The second-order valence-corrected chi connectivity index (χ2v) is 3.71. The molecule has 0 aromatic heterocycles. The van der Waals surface area contributed by atoms with Crippen molar-refractivity contribution in [2.75, 3.05) is 26.2 Å². The van der Waals surface area contributed by atoms with Crippen LogP contribution in [-0.2, 0) is 0 Å². The standard InChI is InChI=1S/C10H20N2O/c1-3-6-12-7-10(8-13)11-5-4-9(12)2/h3,9-11,13H,1,4-8H2,2H3. The molecule has 2 unspecified atom stereocenters. The van der Waals surface area contributed by atoms with Crippen LogP contribution in [0.5, 0.6) is 0 Å². The van der Waals surface area contributed by atoms with Crippen LogP contribution in [0.1, 0.15) is 13.3 Å². The van der Waals surface area contributed by atoms with E-state index < -0.39 is 0 Å². The third-order valence-electron chi connectivity index (χ3n) is 2.66. The van der Waals surface area contributed by atoms with Crippen LogP contribution in [0, 0.1) is 0 Å². The first-order valence-corrected chi connectivity index (χ1v) is 4.97. The highest BCUT2D eigenvalue weighted by molar-refractivity contribution is 4.84. The molecule has 13 heavy (non-hydrogen) atoms. The molecule has 3 nitrogen and oxygen atoms in total. The molecule has 2 atom stereocenters. The predicted molar refractivity (Wildman–Crippen MR) is 54.7 cm³/mol. The van der Waals surface area contributed by atoms with Crippen molar-refractivity contribution in [3.05, 3.63) is 12.7 Å². The van der Waals surface area contributed by atoms with Gasteiger partial charge in [0.15, 0.2) is 0 Å². The van der Waals surface area contributed by atoms with Crippen LogP contribution in [0.25, 0.3) is 0 Å². The first kappa shape index (κ1) is 10.7. The van der Waals surface area contributed by atoms with Crippen LogP contribution in [0.15, 0.2) is 12.7 Å². The Labute approximate surface area is 80.4 Å². The Bertz CT molecular complexity index is 161. The lowest BCUT2D eigenvalue weighted by atomic mass is 10.2. The van der Waals surface area contributed by atoms with Crippen LogP contribution >= 0.6 is 0 Å². The molecule has 0 aromatic carbocycles. The van der Waals surface area contributed by atoms with Crippen LogP contribution in [0.2, 0.25) is 0 Å². The third-order valence-corrected chi connectivity index (χ3v) is 2.66. The summed E-state index contributed by atoms with van der Waals surface area (Å²) in [5.74, 6) is 0. The maximum Gasteiger partial charge on any atom is 0.0597 e. The molecule has 0 bridgehead atoms. The second kappa shape index (κ2) is 5.37. The van der Waals surface area contributed by atoms with Crippen LogP contribution in [0.3, 0.4) is 0 Å². The Kier molecular flexibility index (Phi) is 4.42. The van der Waals surface area contributed by atoms with E-state index in [1.165, 1.54) is 0 Å². The lowest BCUT2D eigenvalue weighted by molar-refractivity contribution is 0.184. The van der Waals surface area contributed by atoms with Gasteiger partial charge in [0.1, 0.15) is 0 Å². The van der Waals surface area contributed by atoms with E-state index in [1.807, 2.05) is 6.08 Å². The van der Waals surface area contributed by atoms with Gasteiger partial charge in [-0.05, 0) is 19.9 Å². The maximum absolute atomic E-state index is 9.07. The number of nitrogens with one attached hydrogen (secondary N) is 1. The minimum atomic E-state index is 0.223. The summed E-state index contributed by atoms with van der Waals surface area (Å²) >= 11 is 0. The van der Waals surface area contributed by atoms with Gasteiger partial charge >= 0.3 is 0 Å². The molecule has 1 rings (SSSR count). The minimum Gasteiger partial charge on any atom is -0.395 e. The molecule has 1 aliphatic heterocycles. The van der Waals surface area contributed by atoms with Crippen molar-refractivity contribution in [1.82, 2.24) is 10.2 Å². The van der Waals surface area contributed by atoms with Gasteiger partial charge in [-0.1, -0.05) is 6.08 Å². The van der Waals surface area contributed by atoms with E-state index in [1.54, 1.807) is 0 Å². The normalized spacial score (nSPS) is 31.2. The summed E-state index contributed by atoms with van der Waals surface area (Å²) in [5, 5.41) is 12.4. The Morgan fingerprint density at radius 2 is 2.46 bits per heavy atom. The van der Waals surface area contributed by atoms with Crippen LogP contribution in [-0.4, -0.2) is 48.3 Å². The van der Waals surface area contributed by atoms with E-state index in [0.717, 1.165) is 26.1 Å². The van der Waals surface area contributed by atoms with E-state index in [-0.39, 0.29) is 12.6 Å². The maximum atomic E-state index is 9.07. The zero-order chi connectivity index (χ0) is 9.68. The van der Waals surface area contributed by atoms with Crippen molar-refractivity contribution in [2.24, 2.45) is 0 Å². The lowest BCUT2D eigenvalue weighted by Crippen LogP contribution is -2.42. The fourth-order valence-electron chi connectivity index (χ4n) is 1.75. The van der Waals surface area contributed by atoms with Crippen molar-refractivity contribution in [3.8, 4) is 0 Å². The van der Waals surface area contributed by atoms with Crippen molar-refractivity contribution in [2.45, 2.75) is 25.4 Å². The average Bonchev–Trinajstić information content (AvgIpc) is 2.30. The first-order chi connectivity index (χ1) is 6.27. The van der Waals surface area contributed by atoms with Crippen LogP contribution < -0.4 is 5.32 Å². The number of nitrogens with zero attached hydrogens (tertiary/aromatic N) is 1. The molecule has 0 spiro atoms. The number of hydrogen-bond donors (Lipinski definition) is 2. The van der Waals surface area contributed by atoms with Crippen molar-refractivity contribution >= 4 is 0 Å². The molecule has 0 amide bonds. The second-order valence-electron chi connectivity index (χ2n) is 3.71. The Hall–Kier alpha value is -0.380. The van der Waals surface area contributed by atoms with E-state index in [0.29, 0.717) is 6.04 Å². The quantitative estimate of drug-likeness (QED) is 0.616. The largest absolute Gasteiger partial charge is 0.395 e. The molecule has 2 N–H and O–H groups in total. The number of aliphatic hydroxyl groups excluding tert-OH is 1. The van der Waals surface area contributed by atoms with E-state index >= 15 is 0 Å². The minimum absolute atomic E-state index is 0.223. The van der Waals surface area contributed by atoms with Gasteiger partial charge in [-0.15, -0.1) is 6.58 Å². The molecule has 0 aromatic rings. The first-order valence-electron chi connectivity index (χ1n) is 4.97. The molecular formula is C10H20N2O. The molecule has 0 saturated carbocycles. The zero-order valence-electron chi connectivity index (χ0n) is 8.37. The lowest BCUT2D eigenvalue weighted by Gasteiger charge is -2.26. The number of hydrogen-bond acceptors (Lipinski definition) is 3. The molecular weight excluding hydrogens is 164 g/mol. The molecule has 0 aliphatic carbocycles. The monoisotopic (exact) mass is 184 g/mol. The summed E-state index contributed by atoms with van der Waals surface area (Å²) in [6.07, 6.45) is 3.07. The topological polar surface area (TPSA) is 35.5 Å². The predicted octanol–water partition coefficient (Wildman–Crippen LogP) is 0.217. The van der Waals surface area contributed by atoms with Crippen molar-refractivity contribution in [3.63, 3.8) is 0 Å². The van der Waals surface area contributed by atoms with Gasteiger partial charge < -0.3 is 10.4 Å². The molecule has 1 saturated heterocycles. The van der Waals surface area contributed by atoms with E-state index in [9.17, 15) is 0 Å². The summed E-state index contributed by atoms with van der Waals surface area (Å²) in [5.41, 5.74) is 0. The highest BCUT2D eigenvalue weighted by Crippen LogP contribution is 2.08. The summed E-state index contributed by atoms with van der Waals surface area (Å²) in [4.78, 5) is 2.36. The number of rotatable bonds is 3. The van der Waals surface area contributed by atoms with Crippen molar-refractivity contribution in [1.29, 1.82) is 0 Å². The summed E-state index contributed by atoms with van der Waals surface area (Å²) in [6, 6.07) is 0.812. The zero-order valence-corrected chi connectivity index (χ0v) is 8.37. The molecule has 1 heterocycles. The third kappa shape index (κ3) is 3.10. The molecule has 3 heteroatoms. The van der Waals surface area contributed by atoms with Gasteiger partial charge in [-0.2, -0.15) is 0 Å². The summed E-state index contributed by atoms with van der Waals surface area (Å²) < 4.78 is 0. The Morgan fingerprint density at radius 3 is 3.08 bits per heavy atom. The summed E-state index contributed by atoms with van der Waals surface area (Å²) in [6.45, 7) is 9.03. The fraction of sp³-hybridized carbons (Fsp3) is 0.800. The van der Waals surface area contributed by atoms with Gasteiger partial charge in [-0.25, -0.2) is 0 Å². The summed E-state index contributed by atoms with van der Waals surface area (Å²) in [7, 11) is 0. The van der Waals surface area contributed by atoms with Gasteiger partial charge in [0.05, 0.1) is 6.61 Å². The Morgan fingerprint density at radius 1 is 1.69 bits per heavy atom. The average molecular weight is 184 g/mol. The highest BCUT2D eigenvalue weighted by atomic mass is 16.3. The van der Waals surface area contributed by atoms with E-state index in [2.05, 4.69) is 23.7 Å². The van der Waals surface area contributed by atoms with Gasteiger partial charge in [-0.3, -0.25) is 4.90 Å². The molecule has 1 aliphatic rings. The Balaban J connectivity index is 2.50.